The van der Waals surface area contributed by atoms with Crippen LogP contribution in [0.2, 0.25) is 0 Å². The summed E-state index contributed by atoms with van der Waals surface area (Å²) in [4.78, 5) is 24.4. The number of carbonyl (C=O) groups is 2. The van der Waals surface area contributed by atoms with Crippen molar-refractivity contribution in [3.63, 3.8) is 0 Å². The Morgan fingerprint density at radius 2 is 1.70 bits per heavy atom. The Morgan fingerprint density at radius 3 is 2.33 bits per heavy atom. The van der Waals surface area contributed by atoms with Crippen molar-refractivity contribution in [2.75, 3.05) is 19.8 Å². The van der Waals surface area contributed by atoms with E-state index in [-0.39, 0.29) is 43.4 Å². The third-order valence-corrected chi connectivity index (χ3v) is 7.64. The van der Waals surface area contributed by atoms with E-state index < -0.39 is 12.3 Å². The number of rotatable bonds is 19. The summed E-state index contributed by atoms with van der Waals surface area (Å²) in [7, 11) is 0. The molecule has 0 aliphatic heterocycles. The molecular formula is C33H50O7. The van der Waals surface area contributed by atoms with Crippen molar-refractivity contribution in [2.24, 2.45) is 11.8 Å². The molecule has 1 saturated carbocycles. The number of aryl methyl sites for hydroxylation is 1. The van der Waals surface area contributed by atoms with Crippen LogP contribution in [0.5, 0.6) is 0 Å². The maximum absolute atomic E-state index is 12.6. The van der Waals surface area contributed by atoms with E-state index in [1.165, 1.54) is 24.8 Å². The zero-order valence-corrected chi connectivity index (χ0v) is 24.6. The van der Waals surface area contributed by atoms with Crippen LogP contribution in [0.15, 0.2) is 48.6 Å². The van der Waals surface area contributed by atoms with Gasteiger partial charge in [-0.05, 0) is 75.5 Å². The zero-order valence-electron chi connectivity index (χ0n) is 24.6. The summed E-state index contributed by atoms with van der Waals surface area (Å²) >= 11 is 0. The second kappa shape index (κ2) is 18.8. The average molecular weight is 559 g/mol. The van der Waals surface area contributed by atoms with Gasteiger partial charge < -0.3 is 24.4 Å². The second-order valence-corrected chi connectivity index (χ2v) is 11.2. The van der Waals surface area contributed by atoms with Crippen molar-refractivity contribution in [2.45, 2.75) is 103 Å². The summed E-state index contributed by atoms with van der Waals surface area (Å²) in [5, 5.41) is 19.0. The molecule has 0 saturated heterocycles. The second-order valence-electron chi connectivity index (χ2n) is 11.2. The van der Waals surface area contributed by atoms with E-state index in [9.17, 15) is 14.7 Å². The minimum Gasteiger partial charge on any atom is -0.462 e. The quantitative estimate of drug-likeness (QED) is 0.0674. The van der Waals surface area contributed by atoms with Crippen molar-refractivity contribution in [3.8, 4) is 0 Å². The zero-order chi connectivity index (χ0) is 29.3. The molecule has 0 heterocycles. The first-order valence-corrected chi connectivity index (χ1v) is 14.9. The molecule has 2 unspecified atom stereocenters. The van der Waals surface area contributed by atoms with Crippen molar-refractivity contribution >= 4 is 11.9 Å². The van der Waals surface area contributed by atoms with Crippen LogP contribution in [-0.2, 0) is 25.4 Å². The molecule has 0 aromatic heterocycles. The van der Waals surface area contributed by atoms with Gasteiger partial charge in [-0.2, -0.15) is 0 Å². The molecule has 2 rings (SSSR count). The van der Waals surface area contributed by atoms with E-state index in [1.54, 1.807) is 6.92 Å². The fourth-order valence-electron chi connectivity index (χ4n) is 4.97. The minimum absolute atomic E-state index is 0.0161. The molecule has 0 spiro atoms. The maximum atomic E-state index is 12.6. The maximum Gasteiger partial charge on any atom is 0.338 e. The standard InChI is InChI=1S/C33H50O7/c1-5-6-7-10-26-13-17-29(18-14-26)33(37)40-30-19-15-27(16-20-30)11-8-9-12-28(22-38-31(35)24(2)3)23-39-32(36)25(4)21-34/h13-14,17-18,27-28,30,32,34,36H,2,4-12,15-16,19-23H2,1,3H3. The van der Waals surface area contributed by atoms with Crippen molar-refractivity contribution in [1.29, 1.82) is 0 Å². The Balaban J connectivity index is 1.69. The molecule has 0 amide bonds. The first kappa shape index (κ1) is 33.7. The third-order valence-electron chi connectivity index (χ3n) is 7.64. The Kier molecular flexibility index (Phi) is 15.8. The lowest BCUT2D eigenvalue weighted by Gasteiger charge is -2.28. The van der Waals surface area contributed by atoms with Gasteiger partial charge in [0.1, 0.15) is 6.10 Å². The van der Waals surface area contributed by atoms with Crippen LogP contribution in [0.25, 0.3) is 0 Å². The number of hydrogen-bond donors (Lipinski definition) is 2. The number of benzene rings is 1. The largest absolute Gasteiger partial charge is 0.462 e. The molecule has 0 bridgehead atoms. The van der Waals surface area contributed by atoms with Crippen molar-refractivity contribution < 1.29 is 34.0 Å². The summed E-state index contributed by atoms with van der Waals surface area (Å²) < 4.78 is 16.6. The molecule has 1 aliphatic rings. The van der Waals surface area contributed by atoms with E-state index in [1.807, 2.05) is 24.3 Å². The number of esters is 2. The van der Waals surface area contributed by atoms with Gasteiger partial charge in [-0.1, -0.05) is 64.3 Å². The van der Waals surface area contributed by atoms with Crippen LogP contribution in [0.3, 0.4) is 0 Å². The van der Waals surface area contributed by atoms with Crippen LogP contribution in [0.4, 0.5) is 0 Å². The predicted molar refractivity (Wildman–Crippen MR) is 157 cm³/mol. The normalized spacial score (nSPS) is 18.5. The number of ether oxygens (including phenoxy) is 3. The van der Waals surface area contributed by atoms with Crippen LogP contribution < -0.4 is 0 Å². The van der Waals surface area contributed by atoms with Crippen LogP contribution in [-0.4, -0.2) is 54.4 Å². The van der Waals surface area contributed by atoms with E-state index in [0.717, 1.165) is 57.8 Å². The Morgan fingerprint density at radius 1 is 1.00 bits per heavy atom. The molecule has 1 fully saturated rings. The average Bonchev–Trinajstić information content (AvgIpc) is 2.96. The molecule has 2 atom stereocenters. The fraction of sp³-hybridized carbons (Fsp3) is 0.636. The lowest BCUT2D eigenvalue weighted by Crippen LogP contribution is -2.25. The Bertz CT molecular complexity index is 915. The molecule has 224 valence electrons. The SMILES string of the molecule is C=C(C)C(=O)OCC(CCCCC1CCC(OC(=O)c2ccc(CCCCC)cc2)CC1)COC(O)C(=C)CO. The van der Waals surface area contributed by atoms with Gasteiger partial charge in [0, 0.05) is 17.1 Å². The number of aliphatic hydroxyl groups is 2. The van der Waals surface area contributed by atoms with Gasteiger partial charge in [-0.3, -0.25) is 0 Å². The van der Waals surface area contributed by atoms with Gasteiger partial charge in [0.05, 0.1) is 25.4 Å². The molecule has 2 N–H and O–H groups in total. The highest BCUT2D eigenvalue weighted by Crippen LogP contribution is 2.31. The van der Waals surface area contributed by atoms with Crippen molar-refractivity contribution in [1.82, 2.24) is 0 Å². The van der Waals surface area contributed by atoms with E-state index in [2.05, 4.69) is 20.1 Å². The summed E-state index contributed by atoms with van der Waals surface area (Å²) in [5.74, 6) is -0.132. The predicted octanol–water partition coefficient (Wildman–Crippen LogP) is 6.31. The van der Waals surface area contributed by atoms with E-state index in [0.29, 0.717) is 17.1 Å². The first-order valence-electron chi connectivity index (χ1n) is 14.9. The molecule has 7 heteroatoms. The van der Waals surface area contributed by atoms with Gasteiger partial charge in [0.15, 0.2) is 6.29 Å². The highest BCUT2D eigenvalue weighted by molar-refractivity contribution is 5.89. The minimum atomic E-state index is -1.25. The van der Waals surface area contributed by atoms with Gasteiger partial charge in [-0.25, -0.2) is 9.59 Å². The molecule has 40 heavy (non-hydrogen) atoms. The molecule has 1 aliphatic carbocycles. The Labute approximate surface area is 240 Å². The van der Waals surface area contributed by atoms with Gasteiger partial charge >= 0.3 is 11.9 Å². The smallest absolute Gasteiger partial charge is 0.338 e. The molecular weight excluding hydrogens is 508 g/mol. The number of hydrogen-bond acceptors (Lipinski definition) is 7. The van der Waals surface area contributed by atoms with E-state index in [4.69, 9.17) is 19.3 Å². The number of carbonyl (C=O) groups excluding carboxylic acids is 2. The van der Waals surface area contributed by atoms with Gasteiger partial charge in [0.2, 0.25) is 0 Å². The lowest BCUT2D eigenvalue weighted by molar-refractivity contribution is -0.142. The number of aliphatic hydroxyl groups excluding tert-OH is 2. The monoisotopic (exact) mass is 558 g/mol. The topological polar surface area (TPSA) is 102 Å². The van der Waals surface area contributed by atoms with E-state index >= 15 is 0 Å². The van der Waals surface area contributed by atoms with Crippen LogP contribution in [0, 0.1) is 11.8 Å². The van der Waals surface area contributed by atoms with Crippen LogP contribution in [0.1, 0.15) is 100 Å². The van der Waals surface area contributed by atoms with Crippen LogP contribution >= 0.6 is 0 Å². The lowest BCUT2D eigenvalue weighted by atomic mass is 9.84. The summed E-state index contributed by atoms with van der Waals surface area (Å²) in [5.41, 5.74) is 2.42. The highest BCUT2D eigenvalue weighted by atomic mass is 16.6. The summed E-state index contributed by atoms with van der Waals surface area (Å²) in [6, 6.07) is 7.85. The van der Waals surface area contributed by atoms with Gasteiger partial charge in [-0.15, -0.1) is 0 Å². The molecule has 0 radical (unpaired) electrons. The van der Waals surface area contributed by atoms with Crippen molar-refractivity contribution in [3.05, 3.63) is 59.7 Å². The molecule has 1 aromatic carbocycles. The Hall–Kier alpha value is -2.48. The number of unbranched alkanes of at least 4 members (excludes halogenated alkanes) is 3. The third kappa shape index (κ3) is 12.8. The molecule has 1 aromatic rings. The summed E-state index contributed by atoms with van der Waals surface area (Å²) in [6.45, 7) is 11.0. The highest BCUT2D eigenvalue weighted by Gasteiger charge is 2.24. The fourth-order valence-corrected chi connectivity index (χ4v) is 4.97. The first-order chi connectivity index (χ1) is 19.2. The van der Waals surface area contributed by atoms with Gasteiger partial charge in [0.25, 0.3) is 0 Å². The molecule has 7 nitrogen and oxygen atoms in total. The summed E-state index contributed by atoms with van der Waals surface area (Å²) in [6.07, 6.45) is 11.1.